The van der Waals surface area contributed by atoms with E-state index in [1.165, 1.54) is 86.9 Å². The molecule has 0 saturated carbocycles. The van der Waals surface area contributed by atoms with Gasteiger partial charge in [-0.05, 0) is 127 Å². The first-order chi connectivity index (χ1) is 29.0. The third-order valence-corrected chi connectivity index (χ3v) is 13.5. The van der Waals surface area contributed by atoms with Crippen LogP contribution >= 0.6 is 11.3 Å². The van der Waals surface area contributed by atoms with Gasteiger partial charge in [-0.15, -0.1) is 11.3 Å². The Morgan fingerprint density at radius 1 is 0.339 bits per heavy atom. The molecule has 59 heavy (non-hydrogen) atoms. The van der Waals surface area contributed by atoms with Gasteiger partial charge in [0.25, 0.3) is 0 Å². The maximum atomic E-state index is 2.42. The smallest absolute Gasteiger partial charge is 0.0465 e. The maximum Gasteiger partial charge on any atom is 0.0465 e. The van der Waals surface area contributed by atoms with Crippen LogP contribution in [0.2, 0.25) is 0 Å². The predicted molar refractivity (Wildman–Crippen MR) is 253 cm³/mol. The van der Waals surface area contributed by atoms with E-state index in [-0.39, 0.29) is 5.41 Å². The van der Waals surface area contributed by atoms with Gasteiger partial charge in [-0.2, -0.15) is 0 Å². The van der Waals surface area contributed by atoms with Crippen molar-refractivity contribution in [3.05, 3.63) is 223 Å². The van der Waals surface area contributed by atoms with Crippen LogP contribution in [0, 0.1) is 0 Å². The van der Waals surface area contributed by atoms with Crippen LogP contribution in [0.1, 0.15) is 25.0 Å². The fourth-order valence-corrected chi connectivity index (χ4v) is 10.5. The van der Waals surface area contributed by atoms with E-state index < -0.39 is 0 Å². The van der Waals surface area contributed by atoms with Gasteiger partial charge in [0.05, 0.1) is 0 Å². The summed E-state index contributed by atoms with van der Waals surface area (Å²) < 4.78 is 2.66. The van der Waals surface area contributed by atoms with Crippen LogP contribution in [0.5, 0.6) is 0 Å². The highest BCUT2D eigenvalue weighted by Crippen LogP contribution is 2.51. The molecule has 1 aromatic heterocycles. The number of anilines is 3. The highest BCUT2D eigenvalue weighted by Gasteiger charge is 2.35. The Kier molecular flexibility index (Phi) is 8.43. The first-order valence-electron chi connectivity index (χ1n) is 20.4. The molecule has 9 aromatic carbocycles. The second-order valence-electron chi connectivity index (χ2n) is 16.1. The SMILES string of the molecule is CC1(C)c2ccccc2-c2ccc(N(c3ccc(-c4cc(-c5ccccc5)cc(-c5ccccc5)c4)cc3)c3ccc(-c4cccc5c4sc4ccccc45)cc3)cc21. The number of hydrogen-bond acceptors (Lipinski definition) is 2. The average molecular weight is 772 g/mol. The van der Waals surface area contributed by atoms with Crippen molar-refractivity contribution >= 4 is 48.6 Å². The zero-order valence-electron chi connectivity index (χ0n) is 33.1. The van der Waals surface area contributed by atoms with Crippen molar-refractivity contribution in [1.29, 1.82) is 0 Å². The van der Waals surface area contributed by atoms with Crippen LogP contribution in [0.4, 0.5) is 17.1 Å². The summed E-state index contributed by atoms with van der Waals surface area (Å²) in [5.41, 5.74) is 18.4. The number of hydrogen-bond donors (Lipinski definition) is 0. The molecule has 0 amide bonds. The van der Waals surface area contributed by atoms with Gasteiger partial charge in [0.2, 0.25) is 0 Å². The summed E-state index contributed by atoms with van der Waals surface area (Å²) in [6, 6.07) is 78.0. The van der Waals surface area contributed by atoms with E-state index in [2.05, 4.69) is 231 Å². The lowest BCUT2D eigenvalue weighted by atomic mass is 9.82. The summed E-state index contributed by atoms with van der Waals surface area (Å²) in [6.07, 6.45) is 0. The average Bonchev–Trinajstić information content (AvgIpc) is 3.79. The molecule has 0 unspecified atom stereocenters. The van der Waals surface area contributed by atoms with Crippen molar-refractivity contribution < 1.29 is 0 Å². The maximum absolute atomic E-state index is 2.42. The molecule has 11 rings (SSSR count). The molecule has 0 atom stereocenters. The van der Waals surface area contributed by atoms with E-state index in [1.54, 1.807) is 0 Å². The molecule has 10 aromatic rings. The molecule has 1 aliphatic rings. The Labute approximate surface area is 350 Å². The fourth-order valence-electron chi connectivity index (χ4n) is 9.23. The quantitative estimate of drug-likeness (QED) is 0.156. The lowest BCUT2D eigenvalue weighted by Gasteiger charge is -2.28. The fraction of sp³-hybridized carbons (Fsp3) is 0.0526. The van der Waals surface area contributed by atoms with Crippen LogP contribution < -0.4 is 4.90 Å². The van der Waals surface area contributed by atoms with Crippen molar-refractivity contribution in [2.24, 2.45) is 0 Å². The number of fused-ring (bicyclic) bond motifs is 6. The molecule has 2 heteroatoms. The number of thiophene rings is 1. The normalized spacial score (nSPS) is 12.7. The minimum absolute atomic E-state index is 0.107. The van der Waals surface area contributed by atoms with Crippen molar-refractivity contribution in [2.75, 3.05) is 4.90 Å². The van der Waals surface area contributed by atoms with E-state index in [0.29, 0.717) is 0 Å². The summed E-state index contributed by atoms with van der Waals surface area (Å²) >= 11 is 1.88. The molecule has 280 valence electrons. The van der Waals surface area contributed by atoms with Gasteiger partial charge in [0.1, 0.15) is 0 Å². The van der Waals surface area contributed by atoms with Gasteiger partial charge in [-0.1, -0.05) is 166 Å². The monoisotopic (exact) mass is 771 g/mol. The molecule has 1 nitrogen and oxygen atoms in total. The van der Waals surface area contributed by atoms with Crippen molar-refractivity contribution in [2.45, 2.75) is 19.3 Å². The third kappa shape index (κ3) is 6.07. The Hall–Kier alpha value is -7.00. The summed E-state index contributed by atoms with van der Waals surface area (Å²) in [5, 5.41) is 2.64. The molecule has 0 fully saturated rings. The highest BCUT2D eigenvalue weighted by molar-refractivity contribution is 7.26. The number of nitrogens with zero attached hydrogens (tertiary/aromatic N) is 1. The van der Waals surface area contributed by atoms with Crippen LogP contribution in [0.15, 0.2) is 212 Å². The van der Waals surface area contributed by atoms with Gasteiger partial charge in [-0.3, -0.25) is 0 Å². The second-order valence-corrected chi connectivity index (χ2v) is 17.2. The lowest BCUT2D eigenvalue weighted by Crippen LogP contribution is -2.16. The minimum atomic E-state index is -0.107. The number of rotatable bonds is 7. The molecule has 0 spiro atoms. The molecule has 0 radical (unpaired) electrons. The van der Waals surface area contributed by atoms with Gasteiger partial charge in [-0.25, -0.2) is 0 Å². The number of benzene rings is 9. The van der Waals surface area contributed by atoms with Crippen molar-refractivity contribution in [3.63, 3.8) is 0 Å². The van der Waals surface area contributed by atoms with Crippen LogP contribution in [-0.4, -0.2) is 0 Å². The summed E-state index contributed by atoms with van der Waals surface area (Å²) in [4.78, 5) is 2.42. The van der Waals surface area contributed by atoms with Gasteiger partial charge in [0, 0.05) is 42.6 Å². The van der Waals surface area contributed by atoms with Gasteiger partial charge in [0.15, 0.2) is 0 Å². The second kappa shape index (κ2) is 14.1. The minimum Gasteiger partial charge on any atom is -0.310 e. The zero-order valence-corrected chi connectivity index (χ0v) is 33.9. The molecule has 0 saturated heterocycles. The van der Waals surface area contributed by atoms with E-state index in [0.717, 1.165) is 17.1 Å². The lowest BCUT2D eigenvalue weighted by molar-refractivity contribution is 0.660. The Morgan fingerprint density at radius 2 is 0.831 bits per heavy atom. The van der Waals surface area contributed by atoms with E-state index in [4.69, 9.17) is 0 Å². The van der Waals surface area contributed by atoms with Crippen molar-refractivity contribution in [3.8, 4) is 55.6 Å². The first-order valence-corrected chi connectivity index (χ1v) is 21.2. The van der Waals surface area contributed by atoms with E-state index in [1.807, 2.05) is 11.3 Å². The molecular formula is C57H41NS. The summed E-state index contributed by atoms with van der Waals surface area (Å²) in [5.74, 6) is 0. The molecular weight excluding hydrogens is 731 g/mol. The van der Waals surface area contributed by atoms with Gasteiger partial charge < -0.3 is 4.90 Å². The Balaban J connectivity index is 1.02. The van der Waals surface area contributed by atoms with Gasteiger partial charge >= 0.3 is 0 Å². The van der Waals surface area contributed by atoms with Crippen LogP contribution in [0.3, 0.4) is 0 Å². The highest BCUT2D eigenvalue weighted by atomic mass is 32.1. The summed E-state index contributed by atoms with van der Waals surface area (Å²) in [6.45, 7) is 4.72. The first kappa shape index (κ1) is 35.2. The largest absolute Gasteiger partial charge is 0.310 e. The topological polar surface area (TPSA) is 3.24 Å². The predicted octanol–water partition coefficient (Wildman–Crippen LogP) is 16.5. The Bertz CT molecular complexity index is 3100. The van der Waals surface area contributed by atoms with Crippen LogP contribution in [0.25, 0.3) is 75.8 Å². The molecule has 0 aliphatic heterocycles. The Morgan fingerprint density at radius 3 is 1.49 bits per heavy atom. The third-order valence-electron chi connectivity index (χ3n) is 12.3. The molecule has 0 N–H and O–H groups in total. The standard InChI is InChI=1S/C57H41NS/c1-57(2)53-22-11-9-18-49(53)50-33-32-47(37-54(50)57)58(46-30-26-41(27-31-46)48-20-13-21-52-51-19-10-12-23-55(51)59-56(48)52)45-28-24-40(25-29-45)44-35-42(38-14-5-3-6-15-38)34-43(36-44)39-16-7-4-8-17-39/h3-37H,1-2H3. The molecule has 0 bridgehead atoms. The van der Waals surface area contributed by atoms with E-state index in [9.17, 15) is 0 Å². The molecule has 1 heterocycles. The van der Waals surface area contributed by atoms with Crippen LogP contribution in [-0.2, 0) is 5.41 Å². The zero-order chi connectivity index (χ0) is 39.5. The summed E-state index contributed by atoms with van der Waals surface area (Å²) in [7, 11) is 0. The van der Waals surface area contributed by atoms with Crippen molar-refractivity contribution in [1.82, 2.24) is 0 Å². The van der Waals surface area contributed by atoms with E-state index >= 15 is 0 Å². The molecule has 1 aliphatic carbocycles.